The van der Waals surface area contributed by atoms with Crippen molar-refractivity contribution in [2.75, 3.05) is 37.0 Å². The van der Waals surface area contributed by atoms with Crippen molar-refractivity contribution in [3.63, 3.8) is 0 Å². The van der Waals surface area contributed by atoms with E-state index in [1.54, 1.807) is 43.8 Å². The van der Waals surface area contributed by atoms with E-state index in [1.807, 2.05) is 12.1 Å². The van der Waals surface area contributed by atoms with Gasteiger partial charge in [-0.25, -0.2) is 0 Å². The highest BCUT2D eigenvalue weighted by atomic mass is 16.5. The second-order valence-corrected chi connectivity index (χ2v) is 6.53. The van der Waals surface area contributed by atoms with Gasteiger partial charge in [0.2, 0.25) is 0 Å². The summed E-state index contributed by atoms with van der Waals surface area (Å²) in [5, 5.41) is 5.33. The van der Waals surface area contributed by atoms with Gasteiger partial charge in [0.1, 0.15) is 5.75 Å². The van der Waals surface area contributed by atoms with Gasteiger partial charge in [-0.1, -0.05) is 6.07 Å². The number of carbonyl (C=O) groups is 2. The first-order chi connectivity index (χ1) is 13.2. The van der Waals surface area contributed by atoms with Crippen LogP contribution in [-0.4, -0.2) is 43.5 Å². The predicted molar refractivity (Wildman–Crippen MR) is 104 cm³/mol. The van der Waals surface area contributed by atoms with Crippen molar-refractivity contribution in [1.82, 2.24) is 10.3 Å². The van der Waals surface area contributed by atoms with Crippen LogP contribution < -0.4 is 20.3 Å². The molecule has 2 amide bonds. The number of nitrogens with zero attached hydrogens (tertiary/aromatic N) is 2. The van der Waals surface area contributed by atoms with Crippen LogP contribution in [0.5, 0.6) is 5.75 Å². The minimum Gasteiger partial charge on any atom is -0.497 e. The van der Waals surface area contributed by atoms with Crippen LogP contribution in [0.2, 0.25) is 0 Å². The topological polar surface area (TPSA) is 83.6 Å². The van der Waals surface area contributed by atoms with E-state index >= 15 is 0 Å². The lowest BCUT2D eigenvalue weighted by Crippen LogP contribution is -2.41. The van der Waals surface area contributed by atoms with Crippen LogP contribution in [0.4, 0.5) is 11.4 Å². The molecule has 7 heteroatoms. The Balaban J connectivity index is 1.42. The largest absolute Gasteiger partial charge is 0.497 e. The average molecular weight is 368 g/mol. The second kappa shape index (κ2) is 9.02. The first kappa shape index (κ1) is 18.7. The van der Waals surface area contributed by atoms with Crippen LogP contribution in [0, 0.1) is 5.92 Å². The SMILES string of the molecule is COc1cccc(NC(=O)C(=O)NCC2CCN(c3ccncc3)CC2)c1. The van der Waals surface area contributed by atoms with Crippen LogP contribution in [0.15, 0.2) is 48.8 Å². The molecule has 0 atom stereocenters. The fourth-order valence-electron chi connectivity index (χ4n) is 3.16. The number of aromatic nitrogens is 1. The Morgan fingerprint density at radius 3 is 2.59 bits per heavy atom. The van der Waals surface area contributed by atoms with Crippen molar-refractivity contribution in [3.8, 4) is 5.75 Å². The molecule has 1 aromatic carbocycles. The number of ether oxygens (including phenoxy) is 1. The number of hydrogen-bond acceptors (Lipinski definition) is 5. The van der Waals surface area contributed by atoms with Crippen molar-refractivity contribution in [3.05, 3.63) is 48.8 Å². The minimum atomic E-state index is -0.669. The third-order valence-electron chi connectivity index (χ3n) is 4.73. The summed E-state index contributed by atoms with van der Waals surface area (Å²) in [6, 6.07) is 10.9. The Morgan fingerprint density at radius 1 is 1.15 bits per heavy atom. The molecule has 0 aliphatic carbocycles. The van der Waals surface area contributed by atoms with E-state index in [1.165, 1.54) is 5.69 Å². The van der Waals surface area contributed by atoms with Gasteiger partial charge in [0.05, 0.1) is 7.11 Å². The van der Waals surface area contributed by atoms with Crippen molar-refractivity contribution in [1.29, 1.82) is 0 Å². The van der Waals surface area contributed by atoms with E-state index in [0.717, 1.165) is 25.9 Å². The van der Waals surface area contributed by atoms with Crippen molar-refractivity contribution in [2.45, 2.75) is 12.8 Å². The molecule has 0 saturated carbocycles. The van der Waals surface area contributed by atoms with Crippen molar-refractivity contribution in [2.24, 2.45) is 5.92 Å². The van der Waals surface area contributed by atoms with Crippen LogP contribution in [-0.2, 0) is 9.59 Å². The van der Waals surface area contributed by atoms with Crippen LogP contribution in [0.25, 0.3) is 0 Å². The van der Waals surface area contributed by atoms with Gasteiger partial charge in [-0.3, -0.25) is 14.6 Å². The number of anilines is 2. The molecule has 0 spiro atoms. The molecule has 1 saturated heterocycles. The van der Waals surface area contributed by atoms with E-state index in [4.69, 9.17) is 4.74 Å². The highest BCUT2D eigenvalue weighted by Crippen LogP contribution is 2.22. The Hall–Kier alpha value is -3.09. The van der Waals surface area contributed by atoms with Gasteiger partial charge in [-0.2, -0.15) is 0 Å². The molecule has 1 aliphatic heterocycles. The molecule has 2 aromatic rings. The molecule has 2 heterocycles. The van der Waals surface area contributed by atoms with Crippen molar-refractivity contribution >= 4 is 23.2 Å². The molecule has 142 valence electrons. The summed E-state index contributed by atoms with van der Waals surface area (Å²) in [5.41, 5.74) is 1.70. The third kappa shape index (κ3) is 5.20. The van der Waals surface area contributed by atoms with E-state index in [-0.39, 0.29) is 0 Å². The zero-order valence-electron chi connectivity index (χ0n) is 15.4. The molecular weight excluding hydrogens is 344 g/mol. The number of methoxy groups -OCH3 is 1. The lowest BCUT2D eigenvalue weighted by Gasteiger charge is -2.33. The number of pyridine rings is 1. The molecule has 0 unspecified atom stereocenters. The molecule has 1 aromatic heterocycles. The molecule has 0 radical (unpaired) electrons. The lowest BCUT2D eigenvalue weighted by atomic mass is 9.96. The van der Waals surface area contributed by atoms with Gasteiger partial charge in [-0.15, -0.1) is 0 Å². The Morgan fingerprint density at radius 2 is 1.89 bits per heavy atom. The Labute approximate surface area is 158 Å². The van der Waals surface area contributed by atoms with E-state index in [9.17, 15) is 9.59 Å². The zero-order chi connectivity index (χ0) is 19.1. The first-order valence-electron chi connectivity index (χ1n) is 9.04. The van der Waals surface area contributed by atoms with Gasteiger partial charge in [0.15, 0.2) is 0 Å². The van der Waals surface area contributed by atoms with Gasteiger partial charge in [-0.05, 0) is 43.0 Å². The summed E-state index contributed by atoms with van der Waals surface area (Å²) in [4.78, 5) is 30.5. The summed E-state index contributed by atoms with van der Waals surface area (Å²) in [7, 11) is 1.55. The fraction of sp³-hybridized carbons (Fsp3) is 0.350. The number of hydrogen-bond donors (Lipinski definition) is 2. The Kier molecular flexibility index (Phi) is 6.25. The van der Waals surface area contributed by atoms with Crippen LogP contribution >= 0.6 is 0 Å². The molecule has 1 aliphatic rings. The quantitative estimate of drug-likeness (QED) is 0.790. The molecule has 27 heavy (non-hydrogen) atoms. The monoisotopic (exact) mass is 368 g/mol. The van der Waals surface area contributed by atoms with Crippen LogP contribution in [0.3, 0.4) is 0 Å². The highest BCUT2D eigenvalue weighted by molar-refractivity contribution is 6.39. The summed E-state index contributed by atoms with van der Waals surface area (Å²) < 4.78 is 5.11. The number of rotatable bonds is 5. The normalized spacial score (nSPS) is 14.5. The average Bonchev–Trinajstić information content (AvgIpc) is 2.73. The maximum Gasteiger partial charge on any atom is 0.313 e. The number of nitrogens with one attached hydrogen (secondary N) is 2. The maximum atomic E-state index is 12.1. The highest BCUT2D eigenvalue weighted by Gasteiger charge is 2.21. The van der Waals surface area contributed by atoms with Gasteiger partial charge >= 0.3 is 11.8 Å². The van der Waals surface area contributed by atoms with E-state index in [0.29, 0.717) is 23.9 Å². The van der Waals surface area contributed by atoms with Gasteiger partial charge < -0.3 is 20.3 Å². The van der Waals surface area contributed by atoms with Crippen LogP contribution in [0.1, 0.15) is 12.8 Å². The number of piperidine rings is 1. The Bertz CT molecular complexity index is 774. The molecule has 3 rings (SSSR count). The summed E-state index contributed by atoms with van der Waals surface area (Å²) in [5.74, 6) is -0.294. The van der Waals surface area contributed by atoms with E-state index < -0.39 is 11.8 Å². The summed E-state index contributed by atoms with van der Waals surface area (Å²) in [6.45, 7) is 2.37. The number of amides is 2. The third-order valence-corrected chi connectivity index (χ3v) is 4.73. The second-order valence-electron chi connectivity index (χ2n) is 6.53. The molecule has 1 fully saturated rings. The predicted octanol–water partition coefficient (Wildman–Crippen LogP) is 2.06. The van der Waals surface area contributed by atoms with Crippen molar-refractivity contribution < 1.29 is 14.3 Å². The fourth-order valence-corrected chi connectivity index (χ4v) is 3.16. The van der Waals surface area contributed by atoms with E-state index in [2.05, 4.69) is 20.5 Å². The van der Waals surface area contributed by atoms with Gasteiger partial charge in [0.25, 0.3) is 0 Å². The molecular formula is C20H24N4O3. The lowest BCUT2D eigenvalue weighted by molar-refractivity contribution is -0.136. The summed E-state index contributed by atoms with van der Waals surface area (Å²) in [6.07, 6.45) is 5.53. The number of benzene rings is 1. The standard InChI is InChI=1S/C20H24N4O3/c1-27-18-4-2-3-16(13-18)23-20(26)19(25)22-14-15-7-11-24(12-8-15)17-5-9-21-10-6-17/h2-6,9-10,13,15H,7-8,11-12,14H2,1H3,(H,22,25)(H,23,26). The zero-order valence-corrected chi connectivity index (χ0v) is 15.4. The summed E-state index contributed by atoms with van der Waals surface area (Å²) >= 11 is 0. The maximum absolute atomic E-state index is 12.1. The molecule has 0 bridgehead atoms. The molecule has 7 nitrogen and oxygen atoms in total. The first-order valence-corrected chi connectivity index (χ1v) is 9.04. The smallest absolute Gasteiger partial charge is 0.313 e. The molecule has 2 N–H and O–H groups in total. The minimum absolute atomic E-state index is 0.372. The van der Waals surface area contributed by atoms with Gasteiger partial charge in [0, 0.05) is 49.5 Å². The number of carbonyl (C=O) groups excluding carboxylic acids is 2.